The van der Waals surface area contributed by atoms with Gasteiger partial charge in [0, 0.05) is 18.4 Å². The number of carbonyl (C=O) groups is 3. The van der Waals surface area contributed by atoms with Gasteiger partial charge in [0.15, 0.2) is 5.78 Å². The fourth-order valence-corrected chi connectivity index (χ4v) is 2.42. The molecule has 112 valence electrons. The topological polar surface area (TPSA) is 63.7 Å². The van der Waals surface area contributed by atoms with Crippen molar-refractivity contribution in [1.82, 2.24) is 4.90 Å². The van der Waals surface area contributed by atoms with E-state index in [9.17, 15) is 14.4 Å². The van der Waals surface area contributed by atoms with Crippen LogP contribution in [-0.2, 0) is 9.59 Å². The molecular formula is C16H19NO4. The molecule has 1 heterocycles. The fraction of sp³-hybridized carbons (Fsp3) is 0.438. The molecule has 0 atom stereocenters. The molecule has 1 aromatic rings. The number of imide groups is 1. The van der Waals surface area contributed by atoms with Crippen molar-refractivity contribution < 1.29 is 19.1 Å². The second-order valence-corrected chi connectivity index (χ2v) is 6.05. The van der Waals surface area contributed by atoms with Gasteiger partial charge in [-0.1, -0.05) is 26.0 Å². The van der Waals surface area contributed by atoms with Crippen LogP contribution < -0.4 is 4.74 Å². The minimum atomic E-state index is -0.330. The molecule has 1 fully saturated rings. The van der Waals surface area contributed by atoms with Gasteiger partial charge in [0.1, 0.15) is 5.75 Å². The molecule has 5 heteroatoms. The van der Waals surface area contributed by atoms with Crippen molar-refractivity contribution in [3.63, 3.8) is 0 Å². The van der Waals surface area contributed by atoms with E-state index in [0.717, 1.165) is 4.90 Å². The normalized spacial score (nSPS) is 17.8. The minimum absolute atomic E-state index is 0.207. The number of hydrogen-bond acceptors (Lipinski definition) is 4. The monoisotopic (exact) mass is 289 g/mol. The number of benzene rings is 1. The zero-order valence-corrected chi connectivity index (χ0v) is 12.5. The number of rotatable bonds is 4. The van der Waals surface area contributed by atoms with E-state index in [1.165, 1.54) is 7.11 Å². The standard InChI is InChI=1S/C16H19NO4/c1-16(2)8-14(19)17(15(20)9-16)10-13(18)11-5-4-6-12(7-11)21-3/h4-7H,8-10H2,1-3H3. The molecule has 2 rings (SSSR count). The average molecular weight is 289 g/mol. The first-order valence-electron chi connectivity index (χ1n) is 6.83. The molecule has 1 aliphatic rings. The summed E-state index contributed by atoms with van der Waals surface area (Å²) in [6.07, 6.45) is 0.564. The summed E-state index contributed by atoms with van der Waals surface area (Å²) in [6.45, 7) is 3.55. The predicted molar refractivity (Wildman–Crippen MR) is 77.1 cm³/mol. The van der Waals surface area contributed by atoms with Crippen LogP contribution in [0.3, 0.4) is 0 Å². The number of amides is 2. The number of likely N-dealkylation sites (tertiary alicyclic amines) is 1. The number of carbonyl (C=O) groups excluding carboxylic acids is 3. The second-order valence-electron chi connectivity index (χ2n) is 6.05. The fourth-order valence-electron chi connectivity index (χ4n) is 2.42. The molecular weight excluding hydrogens is 270 g/mol. The van der Waals surface area contributed by atoms with Crippen molar-refractivity contribution in [3.8, 4) is 5.75 Å². The molecule has 1 aliphatic heterocycles. The maximum Gasteiger partial charge on any atom is 0.230 e. The number of Topliss-reactive ketones (excluding diaryl/α,β-unsaturated/α-hetero) is 1. The molecule has 0 saturated carbocycles. The Kier molecular flexibility index (Phi) is 4.11. The third kappa shape index (κ3) is 3.48. The summed E-state index contributed by atoms with van der Waals surface area (Å²) in [5.41, 5.74) is 0.101. The first kappa shape index (κ1) is 15.2. The molecule has 0 aliphatic carbocycles. The van der Waals surface area contributed by atoms with E-state index in [0.29, 0.717) is 11.3 Å². The van der Waals surface area contributed by atoms with E-state index in [4.69, 9.17) is 4.74 Å². The van der Waals surface area contributed by atoms with E-state index in [1.807, 2.05) is 13.8 Å². The van der Waals surface area contributed by atoms with E-state index in [-0.39, 0.29) is 42.4 Å². The number of ether oxygens (including phenoxy) is 1. The zero-order chi connectivity index (χ0) is 15.6. The van der Waals surface area contributed by atoms with Gasteiger partial charge in [-0.05, 0) is 17.5 Å². The van der Waals surface area contributed by atoms with Crippen LogP contribution in [0.1, 0.15) is 37.0 Å². The summed E-state index contributed by atoms with van der Waals surface area (Å²) in [6, 6.07) is 6.68. The molecule has 0 bridgehead atoms. The van der Waals surface area contributed by atoms with E-state index < -0.39 is 0 Å². The highest BCUT2D eigenvalue weighted by atomic mass is 16.5. The van der Waals surface area contributed by atoms with Gasteiger partial charge in [0.2, 0.25) is 11.8 Å². The van der Waals surface area contributed by atoms with E-state index in [2.05, 4.69) is 0 Å². The molecule has 0 spiro atoms. The van der Waals surface area contributed by atoms with Crippen LogP contribution in [0, 0.1) is 5.41 Å². The summed E-state index contributed by atoms with van der Waals surface area (Å²) in [5, 5.41) is 0. The molecule has 2 amide bonds. The molecule has 5 nitrogen and oxygen atoms in total. The smallest absolute Gasteiger partial charge is 0.230 e. The van der Waals surface area contributed by atoms with Crippen LogP contribution in [0.2, 0.25) is 0 Å². The van der Waals surface area contributed by atoms with Gasteiger partial charge < -0.3 is 4.74 Å². The van der Waals surface area contributed by atoms with Crippen molar-refractivity contribution in [1.29, 1.82) is 0 Å². The van der Waals surface area contributed by atoms with Crippen LogP contribution in [0.5, 0.6) is 5.75 Å². The van der Waals surface area contributed by atoms with Gasteiger partial charge in [0.05, 0.1) is 13.7 Å². The van der Waals surface area contributed by atoms with Gasteiger partial charge in [-0.25, -0.2) is 0 Å². The van der Waals surface area contributed by atoms with Gasteiger partial charge in [-0.15, -0.1) is 0 Å². The summed E-state index contributed by atoms with van der Waals surface area (Å²) in [7, 11) is 1.52. The number of methoxy groups -OCH3 is 1. The van der Waals surface area contributed by atoms with Crippen LogP contribution in [0.25, 0.3) is 0 Å². The van der Waals surface area contributed by atoms with Gasteiger partial charge >= 0.3 is 0 Å². The van der Waals surface area contributed by atoms with Crippen molar-refractivity contribution in [2.75, 3.05) is 13.7 Å². The summed E-state index contributed by atoms with van der Waals surface area (Å²) in [4.78, 5) is 37.4. The van der Waals surface area contributed by atoms with Crippen molar-refractivity contribution in [2.24, 2.45) is 5.41 Å². The minimum Gasteiger partial charge on any atom is -0.497 e. The average Bonchev–Trinajstić information content (AvgIpc) is 2.41. The molecule has 0 N–H and O–H groups in total. The zero-order valence-electron chi connectivity index (χ0n) is 12.5. The number of hydrogen-bond donors (Lipinski definition) is 0. The van der Waals surface area contributed by atoms with Gasteiger partial charge in [-0.2, -0.15) is 0 Å². The largest absolute Gasteiger partial charge is 0.497 e. The summed E-state index contributed by atoms with van der Waals surface area (Å²) >= 11 is 0. The Labute approximate surface area is 123 Å². The maximum absolute atomic E-state index is 12.2. The maximum atomic E-state index is 12.2. The number of ketones is 1. The molecule has 0 unspecified atom stereocenters. The van der Waals surface area contributed by atoms with Crippen LogP contribution >= 0.6 is 0 Å². The SMILES string of the molecule is COc1cccc(C(=O)CN2C(=O)CC(C)(C)CC2=O)c1. The van der Waals surface area contributed by atoms with Crippen LogP contribution in [-0.4, -0.2) is 36.2 Å². The molecule has 1 aromatic carbocycles. The first-order chi connectivity index (χ1) is 9.82. The first-order valence-corrected chi connectivity index (χ1v) is 6.83. The van der Waals surface area contributed by atoms with Gasteiger partial charge in [0.25, 0.3) is 0 Å². The Hall–Kier alpha value is -2.17. The van der Waals surface area contributed by atoms with Crippen molar-refractivity contribution in [2.45, 2.75) is 26.7 Å². The highest BCUT2D eigenvalue weighted by Gasteiger charge is 2.38. The van der Waals surface area contributed by atoms with Gasteiger partial charge in [-0.3, -0.25) is 19.3 Å². The quantitative estimate of drug-likeness (QED) is 0.628. The lowest BCUT2D eigenvalue weighted by atomic mass is 9.81. The van der Waals surface area contributed by atoms with Crippen LogP contribution in [0.15, 0.2) is 24.3 Å². The third-order valence-electron chi connectivity index (χ3n) is 3.56. The number of piperidine rings is 1. The Morgan fingerprint density at radius 1 is 1.24 bits per heavy atom. The number of nitrogens with zero attached hydrogens (tertiary/aromatic N) is 1. The molecule has 0 radical (unpaired) electrons. The molecule has 1 saturated heterocycles. The second kappa shape index (κ2) is 5.68. The highest BCUT2D eigenvalue weighted by Crippen LogP contribution is 2.31. The Morgan fingerprint density at radius 2 is 1.86 bits per heavy atom. The lowest BCUT2D eigenvalue weighted by molar-refractivity contribution is -0.151. The Morgan fingerprint density at radius 3 is 2.43 bits per heavy atom. The lowest BCUT2D eigenvalue weighted by Crippen LogP contribution is -2.48. The Bertz CT molecular complexity index is 572. The lowest BCUT2D eigenvalue weighted by Gasteiger charge is -2.34. The summed E-state index contributed by atoms with van der Waals surface area (Å²) in [5.74, 6) is -0.270. The van der Waals surface area contributed by atoms with Crippen molar-refractivity contribution in [3.05, 3.63) is 29.8 Å². The highest BCUT2D eigenvalue weighted by molar-refractivity contribution is 6.06. The third-order valence-corrected chi connectivity index (χ3v) is 3.56. The molecule has 0 aromatic heterocycles. The van der Waals surface area contributed by atoms with E-state index >= 15 is 0 Å². The van der Waals surface area contributed by atoms with Crippen LogP contribution in [0.4, 0.5) is 0 Å². The molecule has 21 heavy (non-hydrogen) atoms. The Balaban J connectivity index is 2.12. The van der Waals surface area contributed by atoms with E-state index in [1.54, 1.807) is 24.3 Å². The predicted octanol–water partition coefficient (Wildman–Crippen LogP) is 2.05. The van der Waals surface area contributed by atoms with Crippen molar-refractivity contribution >= 4 is 17.6 Å². The summed E-state index contributed by atoms with van der Waals surface area (Å²) < 4.78 is 5.06.